The molecule has 0 heterocycles. The fourth-order valence-electron chi connectivity index (χ4n) is 2.28. The average Bonchev–Trinajstić information content (AvgIpc) is 2.53. The van der Waals surface area contributed by atoms with E-state index in [0.29, 0.717) is 6.04 Å². The van der Waals surface area contributed by atoms with Gasteiger partial charge < -0.3 is 5.32 Å². The standard InChI is InChI=1S/C18H23NS/c1-2-20-15-9-14-19-18(16-10-5-3-6-11-16)17-12-7-4-8-13-17/h3-8,10-13,18-19H,2,9,14-15H2,1H3. The van der Waals surface area contributed by atoms with Crippen LogP contribution in [-0.4, -0.2) is 18.1 Å². The van der Waals surface area contributed by atoms with Gasteiger partial charge in [-0.25, -0.2) is 0 Å². The number of benzene rings is 2. The Morgan fingerprint density at radius 1 is 0.900 bits per heavy atom. The van der Waals surface area contributed by atoms with Crippen LogP contribution in [0.5, 0.6) is 0 Å². The SMILES string of the molecule is CCSCCCNC(c1ccccc1)c1ccccc1. The first kappa shape index (κ1) is 15.1. The molecule has 0 bridgehead atoms. The summed E-state index contributed by atoms with van der Waals surface area (Å²) < 4.78 is 0. The summed E-state index contributed by atoms with van der Waals surface area (Å²) in [5.41, 5.74) is 2.67. The summed E-state index contributed by atoms with van der Waals surface area (Å²) in [6, 6.07) is 21.7. The first-order chi connectivity index (χ1) is 9.92. The van der Waals surface area contributed by atoms with Crippen LogP contribution in [0.3, 0.4) is 0 Å². The van der Waals surface area contributed by atoms with Gasteiger partial charge in [0.2, 0.25) is 0 Å². The molecule has 0 fully saturated rings. The molecule has 2 rings (SSSR count). The van der Waals surface area contributed by atoms with Gasteiger partial charge in [0.15, 0.2) is 0 Å². The van der Waals surface area contributed by atoms with Crippen LogP contribution in [0.15, 0.2) is 60.7 Å². The van der Waals surface area contributed by atoms with Gasteiger partial charge in [-0.1, -0.05) is 67.6 Å². The van der Waals surface area contributed by atoms with E-state index in [2.05, 4.69) is 72.9 Å². The van der Waals surface area contributed by atoms with Gasteiger partial charge in [-0.05, 0) is 35.6 Å². The van der Waals surface area contributed by atoms with Crippen molar-refractivity contribution in [3.8, 4) is 0 Å². The minimum atomic E-state index is 0.295. The molecule has 0 radical (unpaired) electrons. The highest BCUT2D eigenvalue weighted by Gasteiger charge is 2.12. The maximum absolute atomic E-state index is 3.70. The molecule has 0 unspecified atom stereocenters. The number of hydrogen-bond donors (Lipinski definition) is 1. The molecule has 0 amide bonds. The fourth-order valence-corrected chi connectivity index (χ4v) is 2.92. The van der Waals surface area contributed by atoms with E-state index < -0.39 is 0 Å². The third-order valence-electron chi connectivity index (χ3n) is 3.28. The summed E-state index contributed by atoms with van der Waals surface area (Å²) in [7, 11) is 0. The van der Waals surface area contributed by atoms with E-state index >= 15 is 0 Å². The maximum atomic E-state index is 3.70. The molecule has 0 spiro atoms. The third-order valence-corrected chi connectivity index (χ3v) is 4.27. The lowest BCUT2D eigenvalue weighted by Crippen LogP contribution is -2.23. The number of hydrogen-bond acceptors (Lipinski definition) is 2. The molecular formula is C18H23NS. The summed E-state index contributed by atoms with van der Waals surface area (Å²) >= 11 is 2.01. The fraction of sp³-hybridized carbons (Fsp3) is 0.333. The van der Waals surface area contributed by atoms with Gasteiger partial charge in [-0.15, -0.1) is 0 Å². The Bertz CT molecular complexity index is 430. The van der Waals surface area contributed by atoms with Gasteiger partial charge in [-0.2, -0.15) is 11.8 Å². The van der Waals surface area contributed by atoms with Crippen molar-refractivity contribution >= 4 is 11.8 Å². The van der Waals surface area contributed by atoms with E-state index in [9.17, 15) is 0 Å². The molecular weight excluding hydrogens is 262 g/mol. The van der Waals surface area contributed by atoms with E-state index in [1.165, 1.54) is 29.1 Å². The monoisotopic (exact) mass is 285 g/mol. The lowest BCUT2D eigenvalue weighted by Gasteiger charge is -2.20. The Morgan fingerprint density at radius 2 is 1.45 bits per heavy atom. The van der Waals surface area contributed by atoms with E-state index in [1.807, 2.05) is 11.8 Å². The van der Waals surface area contributed by atoms with Crippen LogP contribution in [0.2, 0.25) is 0 Å². The molecule has 0 atom stereocenters. The smallest absolute Gasteiger partial charge is 0.0576 e. The molecule has 0 aromatic heterocycles. The van der Waals surface area contributed by atoms with E-state index in [0.717, 1.165) is 6.54 Å². The van der Waals surface area contributed by atoms with Crippen molar-refractivity contribution in [3.63, 3.8) is 0 Å². The van der Waals surface area contributed by atoms with E-state index in [1.54, 1.807) is 0 Å². The summed E-state index contributed by atoms with van der Waals surface area (Å²) in [6.07, 6.45) is 1.22. The van der Waals surface area contributed by atoms with Crippen molar-refractivity contribution in [2.45, 2.75) is 19.4 Å². The summed E-state index contributed by atoms with van der Waals surface area (Å²) in [6.45, 7) is 3.27. The van der Waals surface area contributed by atoms with Crippen molar-refractivity contribution in [3.05, 3.63) is 71.8 Å². The van der Waals surface area contributed by atoms with Gasteiger partial charge >= 0.3 is 0 Å². The summed E-state index contributed by atoms with van der Waals surface area (Å²) in [4.78, 5) is 0. The quantitative estimate of drug-likeness (QED) is 0.716. The first-order valence-electron chi connectivity index (χ1n) is 7.33. The van der Waals surface area contributed by atoms with E-state index in [4.69, 9.17) is 0 Å². The zero-order valence-corrected chi connectivity index (χ0v) is 12.9. The van der Waals surface area contributed by atoms with Crippen LogP contribution in [0.4, 0.5) is 0 Å². The topological polar surface area (TPSA) is 12.0 Å². The normalized spacial score (nSPS) is 10.9. The molecule has 1 N–H and O–H groups in total. The molecule has 2 heteroatoms. The van der Waals surface area contributed by atoms with Gasteiger partial charge in [0.1, 0.15) is 0 Å². The number of thioether (sulfide) groups is 1. The molecule has 0 aliphatic carbocycles. The van der Waals surface area contributed by atoms with Crippen LogP contribution in [0.25, 0.3) is 0 Å². The molecule has 106 valence electrons. The second-order valence-electron chi connectivity index (χ2n) is 4.76. The molecule has 0 aliphatic rings. The highest BCUT2D eigenvalue weighted by atomic mass is 32.2. The summed E-state index contributed by atoms with van der Waals surface area (Å²) in [5, 5.41) is 3.70. The Kier molecular flexibility index (Phi) is 6.69. The van der Waals surface area contributed by atoms with Gasteiger partial charge in [-0.3, -0.25) is 0 Å². The summed E-state index contributed by atoms with van der Waals surface area (Å²) in [5.74, 6) is 2.45. The largest absolute Gasteiger partial charge is 0.306 e. The zero-order chi connectivity index (χ0) is 14.0. The Balaban J connectivity index is 2.02. The third kappa shape index (κ3) is 4.69. The molecule has 0 saturated heterocycles. The lowest BCUT2D eigenvalue weighted by atomic mass is 9.99. The first-order valence-corrected chi connectivity index (χ1v) is 8.48. The van der Waals surface area contributed by atoms with Crippen molar-refractivity contribution in [1.29, 1.82) is 0 Å². The zero-order valence-electron chi connectivity index (χ0n) is 12.1. The van der Waals surface area contributed by atoms with Crippen LogP contribution >= 0.6 is 11.8 Å². The number of nitrogens with one attached hydrogen (secondary N) is 1. The van der Waals surface area contributed by atoms with Gasteiger partial charge in [0.25, 0.3) is 0 Å². The minimum absolute atomic E-state index is 0.295. The Morgan fingerprint density at radius 3 is 1.95 bits per heavy atom. The highest BCUT2D eigenvalue weighted by molar-refractivity contribution is 7.99. The van der Waals surface area contributed by atoms with Crippen LogP contribution in [0.1, 0.15) is 30.5 Å². The van der Waals surface area contributed by atoms with E-state index in [-0.39, 0.29) is 0 Å². The van der Waals surface area contributed by atoms with Crippen LogP contribution in [-0.2, 0) is 0 Å². The van der Waals surface area contributed by atoms with Crippen molar-refractivity contribution < 1.29 is 0 Å². The van der Waals surface area contributed by atoms with Gasteiger partial charge in [0, 0.05) is 0 Å². The molecule has 0 aliphatic heterocycles. The van der Waals surface area contributed by atoms with Crippen molar-refractivity contribution in [2.75, 3.05) is 18.1 Å². The van der Waals surface area contributed by atoms with Gasteiger partial charge in [0.05, 0.1) is 6.04 Å². The Hall–Kier alpha value is -1.25. The highest BCUT2D eigenvalue weighted by Crippen LogP contribution is 2.21. The Labute approximate surface area is 126 Å². The average molecular weight is 285 g/mol. The van der Waals surface area contributed by atoms with Crippen LogP contribution < -0.4 is 5.32 Å². The molecule has 0 saturated carbocycles. The molecule has 20 heavy (non-hydrogen) atoms. The predicted molar refractivity (Wildman–Crippen MR) is 90.3 cm³/mol. The predicted octanol–water partition coefficient (Wildman–Crippen LogP) is 4.51. The second kappa shape index (κ2) is 8.83. The van der Waals surface area contributed by atoms with Crippen molar-refractivity contribution in [2.24, 2.45) is 0 Å². The minimum Gasteiger partial charge on any atom is -0.306 e. The number of rotatable bonds is 8. The van der Waals surface area contributed by atoms with Crippen LogP contribution in [0, 0.1) is 0 Å². The molecule has 1 nitrogen and oxygen atoms in total. The maximum Gasteiger partial charge on any atom is 0.0576 e. The lowest BCUT2D eigenvalue weighted by molar-refractivity contribution is 0.601. The second-order valence-corrected chi connectivity index (χ2v) is 6.15. The van der Waals surface area contributed by atoms with Crippen molar-refractivity contribution in [1.82, 2.24) is 5.32 Å². The molecule has 2 aromatic rings. The molecule has 2 aromatic carbocycles.